The van der Waals surface area contributed by atoms with Crippen LogP contribution >= 0.6 is 0 Å². The predicted molar refractivity (Wildman–Crippen MR) is 103 cm³/mol. The van der Waals surface area contributed by atoms with E-state index in [9.17, 15) is 14.7 Å². The molecule has 0 bridgehead atoms. The van der Waals surface area contributed by atoms with Gasteiger partial charge in [0.1, 0.15) is 0 Å². The Labute approximate surface area is 166 Å². The summed E-state index contributed by atoms with van der Waals surface area (Å²) in [6.07, 6.45) is 7.86. The van der Waals surface area contributed by atoms with Gasteiger partial charge < -0.3 is 14.9 Å². The maximum atomic E-state index is 12.1. The van der Waals surface area contributed by atoms with Gasteiger partial charge in [-0.15, -0.1) is 0 Å². The lowest BCUT2D eigenvalue weighted by molar-refractivity contribution is -0.138. The molecule has 8 atom stereocenters. The van der Waals surface area contributed by atoms with E-state index in [1.165, 1.54) is 12.0 Å². The lowest BCUT2D eigenvalue weighted by atomic mass is 9.46. The first-order valence-corrected chi connectivity index (χ1v) is 11.0. The summed E-state index contributed by atoms with van der Waals surface area (Å²) in [5.74, 6) is 3.32. The summed E-state index contributed by atoms with van der Waals surface area (Å²) in [5.41, 5.74) is 0.611. The molecule has 28 heavy (non-hydrogen) atoms. The van der Waals surface area contributed by atoms with E-state index in [-0.39, 0.29) is 17.4 Å². The Hall–Kier alpha value is -1.36. The Balaban J connectivity index is 1.43. The number of ketones is 1. The van der Waals surface area contributed by atoms with Crippen molar-refractivity contribution in [2.24, 2.45) is 40.4 Å². The van der Waals surface area contributed by atoms with E-state index in [0.29, 0.717) is 48.2 Å². The van der Waals surface area contributed by atoms with Gasteiger partial charge in [0.2, 0.25) is 0 Å². The molecule has 5 aliphatic carbocycles. The monoisotopic (exact) mass is 388 g/mol. The average molecular weight is 389 g/mol. The minimum absolute atomic E-state index is 0.0704. The number of carbonyl (C=O) groups is 2. The molecule has 5 nitrogen and oxygen atoms in total. The Morgan fingerprint density at radius 1 is 1.21 bits per heavy atom. The van der Waals surface area contributed by atoms with Crippen LogP contribution in [0, 0.1) is 40.4 Å². The first kappa shape index (κ1) is 18.7. The van der Waals surface area contributed by atoms with Crippen LogP contribution in [0.25, 0.3) is 0 Å². The molecule has 0 aromatic heterocycles. The molecule has 2 N–H and O–H groups in total. The standard InChI is InChI=1S/C23H32O5/c1-21-6-3-13(24)11-18(21)14-12-15(14)19-16(21)4-7-22(2)17(19)5-8-23(22,27)9-10-28-20(25)26/h11,14-17,19,27H,3-10,12H2,1-2H3,(H,25,26)/t14-,15+,16+,17+,19-,21-,22+,23-/m1/s1. The molecular weight excluding hydrogens is 356 g/mol. The molecule has 4 fully saturated rings. The quantitative estimate of drug-likeness (QED) is 0.708. The van der Waals surface area contributed by atoms with Crippen LogP contribution in [0.2, 0.25) is 0 Å². The number of hydrogen-bond acceptors (Lipinski definition) is 4. The Morgan fingerprint density at radius 3 is 2.71 bits per heavy atom. The SMILES string of the molecule is C[C@]12CCC(=O)C=C1[C@@H]1C[C@@H]1[C@@H]1[C@@H]2CC[C@@]2(C)[C@H]1CC[C@@]2(O)CCOC(=O)O. The fourth-order valence-electron chi connectivity index (χ4n) is 8.23. The van der Waals surface area contributed by atoms with Gasteiger partial charge in [-0.05, 0) is 85.0 Å². The van der Waals surface area contributed by atoms with Crippen LogP contribution in [0.4, 0.5) is 4.79 Å². The fraction of sp³-hybridized carbons (Fsp3) is 0.826. The van der Waals surface area contributed by atoms with E-state index >= 15 is 0 Å². The number of hydrogen-bond donors (Lipinski definition) is 2. The van der Waals surface area contributed by atoms with Crippen LogP contribution in [0.15, 0.2) is 11.6 Å². The molecule has 0 aliphatic heterocycles. The number of aliphatic hydroxyl groups is 1. The summed E-state index contributed by atoms with van der Waals surface area (Å²) in [7, 11) is 0. The summed E-state index contributed by atoms with van der Waals surface area (Å²) >= 11 is 0. The predicted octanol–water partition coefficient (Wildman–Crippen LogP) is 4.19. The molecule has 0 spiro atoms. The van der Waals surface area contributed by atoms with Gasteiger partial charge in [0.05, 0.1) is 12.2 Å². The summed E-state index contributed by atoms with van der Waals surface area (Å²) in [5, 5.41) is 20.3. The molecule has 0 amide bonds. The second kappa shape index (κ2) is 5.84. The van der Waals surface area contributed by atoms with Gasteiger partial charge in [-0.2, -0.15) is 0 Å². The Morgan fingerprint density at radius 2 is 1.96 bits per heavy atom. The summed E-state index contributed by atoms with van der Waals surface area (Å²) in [6.45, 7) is 4.72. The second-order valence-corrected chi connectivity index (χ2v) is 10.7. The number of ether oxygens (including phenoxy) is 1. The summed E-state index contributed by atoms with van der Waals surface area (Å²) in [4.78, 5) is 22.8. The molecule has 0 aromatic carbocycles. The zero-order valence-corrected chi connectivity index (χ0v) is 16.9. The highest BCUT2D eigenvalue weighted by atomic mass is 16.7. The third-order valence-corrected chi connectivity index (χ3v) is 9.81. The first-order chi connectivity index (χ1) is 13.2. The largest absolute Gasteiger partial charge is 0.505 e. The first-order valence-electron chi connectivity index (χ1n) is 11.0. The molecule has 0 unspecified atom stereocenters. The van der Waals surface area contributed by atoms with Crippen LogP contribution < -0.4 is 0 Å². The molecule has 4 saturated carbocycles. The molecule has 5 aliphatic rings. The van der Waals surface area contributed by atoms with Gasteiger partial charge in [0.25, 0.3) is 0 Å². The molecular formula is C23H32O5. The van der Waals surface area contributed by atoms with Crippen LogP contribution in [0.1, 0.15) is 65.2 Å². The zero-order valence-electron chi connectivity index (χ0n) is 16.9. The van der Waals surface area contributed by atoms with Crippen molar-refractivity contribution < 1.29 is 24.5 Å². The van der Waals surface area contributed by atoms with E-state index in [1.807, 2.05) is 6.08 Å². The van der Waals surface area contributed by atoms with Crippen LogP contribution in [0.5, 0.6) is 0 Å². The van der Waals surface area contributed by atoms with Crippen molar-refractivity contribution in [2.75, 3.05) is 6.61 Å². The van der Waals surface area contributed by atoms with Crippen LogP contribution in [-0.2, 0) is 9.53 Å². The number of carboxylic acid groups (broad SMARTS) is 1. The topological polar surface area (TPSA) is 83.8 Å². The lowest BCUT2D eigenvalue weighted by Gasteiger charge is -2.59. The van der Waals surface area contributed by atoms with Crippen molar-refractivity contribution in [3.63, 3.8) is 0 Å². The van der Waals surface area contributed by atoms with E-state index in [1.54, 1.807) is 0 Å². The maximum Gasteiger partial charge on any atom is 0.505 e. The highest BCUT2D eigenvalue weighted by molar-refractivity contribution is 5.92. The molecule has 5 rings (SSSR count). The van der Waals surface area contributed by atoms with Gasteiger partial charge in [-0.25, -0.2) is 4.79 Å². The van der Waals surface area contributed by atoms with Gasteiger partial charge in [-0.1, -0.05) is 19.4 Å². The molecule has 154 valence electrons. The highest BCUT2D eigenvalue weighted by Gasteiger charge is 2.69. The maximum absolute atomic E-state index is 12.1. The van der Waals surface area contributed by atoms with Gasteiger partial charge in [-0.3, -0.25) is 4.79 Å². The molecule has 0 saturated heterocycles. The minimum Gasteiger partial charge on any atom is -0.450 e. The number of allylic oxidation sites excluding steroid dienone is 1. The van der Waals surface area contributed by atoms with E-state index in [2.05, 4.69) is 13.8 Å². The van der Waals surface area contributed by atoms with E-state index in [0.717, 1.165) is 32.1 Å². The second-order valence-electron chi connectivity index (χ2n) is 10.7. The van der Waals surface area contributed by atoms with Gasteiger partial charge >= 0.3 is 6.16 Å². The summed E-state index contributed by atoms with van der Waals surface area (Å²) < 4.78 is 4.74. The highest BCUT2D eigenvalue weighted by Crippen LogP contribution is 2.75. The number of rotatable bonds is 3. The third-order valence-electron chi connectivity index (χ3n) is 9.81. The number of fused-ring (bicyclic) bond motifs is 8. The number of carbonyl (C=O) groups excluding carboxylic acids is 1. The van der Waals surface area contributed by atoms with Crippen LogP contribution in [0.3, 0.4) is 0 Å². The van der Waals surface area contributed by atoms with Crippen molar-refractivity contribution in [3.8, 4) is 0 Å². The van der Waals surface area contributed by atoms with Gasteiger partial charge in [0, 0.05) is 12.8 Å². The normalized spacial score (nSPS) is 51.3. The van der Waals surface area contributed by atoms with Crippen molar-refractivity contribution in [1.29, 1.82) is 0 Å². The van der Waals surface area contributed by atoms with E-state index in [4.69, 9.17) is 9.84 Å². The smallest absolute Gasteiger partial charge is 0.450 e. The molecule has 0 heterocycles. The molecule has 5 heteroatoms. The zero-order chi connectivity index (χ0) is 19.9. The van der Waals surface area contributed by atoms with Gasteiger partial charge in [0.15, 0.2) is 5.78 Å². The third kappa shape index (κ3) is 2.34. The van der Waals surface area contributed by atoms with Crippen molar-refractivity contribution in [3.05, 3.63) is 11.6 Å². The Bertz CT molecular complexity index is 758. The Kier molecular flexibility index (Phi) is 3.89. The van der Waals surface area contributed by atoms with Crippen molar-refractivity contribution >= 4 is 11.9 Å². The van der Waals surface area contributed by atoms with Crippen LogP contribution in [-0.4, -0.2) is 34.4 Å². The van der Waals surface area contributed by atoms with Crippen molar-refractivity contribution in [1.82, 2.24) is 0 Å². The minimum atomic E-state index is -1.26. The van der Waals surface area contributed by atoms with Crippen molar-refractivity contribution in [2.45, 2.75) is 70.8 Å². The molecule has 0 aromatic rings. The molecule has 0 radical (unpaired) electrons. The van der Waals surface area contributed by atoms with E-state index < -0.39 is 11.8 Å². The summed E-state index contributed by atoms with van der Waals surface area (Å²) in [6, 6.07) is 0. The average Bonchev–Trinajstić information content (AvgIpc) is 3.37. The lowest BCUT2D eigenvalue weighted by Crippen LogP contribution is -2.55. The fourth-order valence-corrected chi connectivity index (χ4v) is 8.23.